The fraction of sp³-hybridized carbons (Fsp3) is 0.800. The van der Waals surface area contributed by atoms with Crippen LogP contribution in [0.4, 0.5) is 0 Å². The van der Waals surface area contributed by atoms with E-state index in [1.165, 1.54) is 0 Å². The molecule has 0 fully saturated rings. The molecule has 0 saturated carbocycles. The van der Waals surface area contributed by atoms with Gasteiger partial charge < -0.3 is 11.1 Å². The van der Waals surface area contributed by atoms with Gasteiger partial charge in [-0.15, -0.1) is 0 Å². The first-order valence-corrected chi connectivity index (χ1v) is 5.12. The Labute approximate surface area is 85.5 Å². The fourth-order valence-electron chi connectivity index (χ4n) is 1.11. The summed E-state index contributed by atoms with van der Waals surface area (Å²) in [6.45, 7) is 2.62. The molecule has 0 bridgehead atoms. The van der Waals surface area contributed by atoms with Crippen molar-refractivity contribution in [2.24, 2.45) is 5.73 Å². The number of rotatable bonds is 7. The lowest BCUT2D eigenvalue weighted by Gasteiger charge is -2.10. The van der Waals surface area contributed by atoms with Crippen molar-refractivity contribution < 1.29 is 4.79 Å². The molecule has 0 aliphatic carbocycles. The van der Waals surface area contributed by atoms with E-state index < -0.39 is 0 Å². The number of carbonyl (C=O) groups is 1. The third-order valence-electron chi connectivity index (χ3n) is 1.95. The van der Waals surface area contributed by atoms with Crippen LogP contribution in [0.2, 0.25) is 0 Å². The number of carbonyl (C=O) groups excluding carboxylic acids is 1. The van der Waals surface area contributed by atoms with Gasteiger partial charge in [0.15, 0.2) is 0 Å². The fourth-order valence-corrected chi connectivity index (χ4v) is 1.11. The molecule has 0 unspecified atom stereocenters. The third kappa shape index (κ3) is 6.44. The molecule has 14 heavy (non-hydrogen) atoms. The SMILES string of the molecule is CCC[C@@H](N)C(=O)NCCCCC#N. The lowest BCUT2D eigenvalue weighted by Crippen LogP contribution is -2.40. The Morgan fingerprint density at radius 3 is 2.86 bits per heavy atom. The molecule has 3 N–H and O–H groups in total. The molecule has 0 aliphatic rings. The van der Waals surface area contributed by atoms with E-state index in [1.807, 2.05) is 6.92 Å². The second kappa shape index (κ2) is 8.52. The summed E-state index contributed by atoms with van der Waals surface area (Å²) in [7, 11) is 0. The lowest BCUT2D eigenvalue weighted by molar-refractivity contribution is -0.122. The van der Waals surface area contributed by atoms with Crippen LogP contribution in [0.3, 0.4) is 0 Å². The Morgan fingerprint density at radius 1 is 1.57 bits per heavy atom. The zero-order chi connectivity index (χ0) is 10.8. The Balaban J connectivity index is 3.40. The molecule has 4 heteroatoms. The number of nitrogens with zero attached hydrogens (tertiary/aromatic N) is 1. The van der Waals surface area contributed by atoms with Crippen molar-refractivity contribution >= 4 is 5.91 Å². The standard InChI is InChI=1S/C10H19N3O/c1-2-6-9(12)10(14)13-8-5-3-4-7-11/h9H,2-6,8,12H2,1H3,(H,13,14)/t9-/m1/s1. The van der Waals surface area contributed by atoms with Crippen molar-refractivity contribution in [2.75, 3.05) is 6.54 Å². The molecule has 0 radical (unpaired) electrons. The molecule has 0 heterocycles. The van der Waals surface area contributed by atoms with Crippen LogP contribution in [-0.2, 0) is 4.79 Å². The summed E-state index contributed by atoms with van der Waals surface area (Å²) < 4.78 is 0. The maximum absolute atomic E-state index is 11.3. The highest BCUT2D eigenvalue weighted by atomic mass is 16.2. The highest BCUT2D eigenvalue weighted by molar-refractivity contribution is 5.81. The molecule has 0 saturated heterocycles. The zero-order valence-electron chi connectivity index (χ0n) is 8.75. The second-order valence-electron chi connectivity index (χ2n) is 3.30. The first kappa shape index (κ1) is 12.9. The minimum Gasteiger partial charge on any atom is -0.355 e. The molecule has 80 valence electrons. The summed E-state index contributed by atoms with van der Waals surface area (Å²) in [5.41, 5.74) is 5.60. The molecule has 4 nitrogen and oxygen atoms in total. The van der Waals surface area contributed by atoms with Crippen molar-refractivity contribution in [3.05, 3.63) is 0 Å². The Morgan fingerprint density at radius 2 is 2.29 bits per heavy atom. The van der Waals surface area contributed by atoms with E-state index in [0.717, 1.165) is 25.7 Å². The monoisotopic (exact) mass is 197 g/mol. The molecule has 0 spiro atoms. The Kier molecular flexibility index (Phi) is 7.86. The van der Waals surface area contributed by atoms with Crippen LogP contribution in [0.5, 0.6) is 0 Å². The average Bonchev–Trinajstić information content (AvgIpc) is 2.17. The zero-order valence-corrected chi connectivity index (χ0v) is 8.75. The predicted molar refractivity (Wildman–Crippen MR) is 55.4 cm³/mol. The van der Waals surface area contributed by atoms with Crippen molar-refractivity contribution in [1.29, 1.82) is 5.26 Å². The van der Waals surface area contributed by atoms with Gasteiger partial charge in [0.1, 0.15) is 0 Å². The number of nitriles is 1. The number of hydrogen-bond acceptors (Lipinski definition) is 3. The third-order valence-corrected chi connectivity index (χ3v) is 1.95. The molecule has 0 aromatic rings. The van der Waals surface area contributed by atoms with E-state index in [2.05, 4.69) is 11.4 Å². The van der Waals surface area contributed by atoms with Gasteiger partial charge in [0.25, 0.3) is 0 Å². The number of nitrogens with one attached hydrogen (secondary N) is 1. The molecule has 1 atom stereocenters. The van der Waals surface area contributed by atoms with Crippen LogP contribution in [0, 0.1) is 11.3 Å². The van der Waals surface area contributed by atoms with Gasteiger partial charge in [-0.05, 0) is 19.3 Å². The van der Waals surface area contributed by atoms with E-state index in [0.29, 0.717) is 13.0 Å². The van der Waals surface area contributed by atoms with E-state index >= 15 is 0 Å². The van der Waals surface area contributed by atoms with Crippen molar-refractivity contribution in [3.8, 4) is 6.07 Å². The van der Waals surface area contributed by atoms with Crippen molar-refractivity contribution in [3.63, 3.8) is 0 Å². The van der Waals surface area contributed by atoms with Crippen LogP contribution in [0.1, 0.15) is 39.0 Å². The maximum atomic E-state index is 11.3. The van der Waals surface area contributed by atoms with Crippen molar-refractivity contribution in [2.45, 2.75) is 45.1 Å². The largest absolute Gasteiger partial charge is 0.355 e. The van der Waals surface area contributed by atoms with Gasteiger partial charge in [0, 0.05) is 13.0 Å². The highest BCUT2D eigenvalue weighted by Gasteiger charge is 2.10. The predicted octanol–water partition coefficient (Wildman–Crippen LogP) is 0.924. The summed E-state index contributed by atoms with van der Waals surface area (Å²) in [6.07, 6.45) is 3.88. The summed E-state index contributed by atoms with van der Waals surface area (Å²) in [5.74, 6) is -0.0798. The van der Waals surface area contributed by atoms with Gasteiger partial charge in [-0.1, -0.05) is 13.3 Å². The van der Waals surface area contributed by atoms with Gasteiger partial charge in [-0.2, -0.15) is 5.26 Å². The minimum atomic E-state index is -0.379. The minimum absolute atomic E-state index is 0.0798. The van der Waals surface area contributed by atoms with Crippen LogP contribution >= 0.6 is 0 Å². The topological polar surface area (TPSA) is 78.9 Å². The summed E-state index contributed by atoms with van der Waals surface area (Å²) in [4.78, 5) is 11.3. The van der Waals surface area contributed by atoms with Crippen LogP contribution in [0.25, 0.3) is 0 Å². The van der Waals surface area contributed by atoms with Crippen LogP contribution in [-0.4, -0.2) is 18.5 Å². The molecule has 0 aliphatic heterocycles. The quantitative estimate of drug-likeness (QED) is 0.596. The second-order valence-corrected chi connectivity index (χ2v) is 3.30. The van der Waals surface area contributed by atoms with Crippen LogP contribution in [0.15, 0.2) is 0 Å². The first-order chi connectivity index (χ1) is 6.72. The van der Waals surface area contributed by atoms with Crippen LogP contribution < -0.4 is 11.1 Å². The van der Waals surface area contributed by atoms with Gasteiger partial charge in [-0.25, -0.2) is 0 Å². The van der Waals surface area contributed by atoms with E-state index in [1.54, 1.807) is 0 Å². The Hall–Kier alpha value is -1.08. The normalized spacial score (nSPS) is 11.8. The summed E-state index contributed by atoms with van der Waals surface area (Å²) in [5, 5.41) is 11.0. The van der Waals surface area contributed by atoms with E-state index in [4.69, 9.17) is 11.0 Å². The van der Waals surface area contributed by atoms with Gasteiger partial charge in [0.2, 0.25) is 5.91 Å². The maximum Gasteiger partial charge on any atom is 0.236 e. The van der Waals surface area contributed by atoms with Crippen molar-refractivity contribution in [1.82, 2.24) is 5.32 Å². The molecular weight excluding hydrogens is 178 g/mol. The number of nitrogens with two attached hydrogens (primary N) is 1. The van der Waals surface area contributed by atoms with E-state index in [-0.39, 0.29) is 11.9 Å². The molecular formula is C10H19N3O. The van der Waals surface area contributed by atoms with E-state index in [9.17, 15) is 4.79 Å². The smallest absolute Gasteiger partial charge is 0.236 e. The van der Waals surface area contributed by atoms with Gasteiger partial charge >= 0.3 is 0 Å². The summed E-state index contributed by atoms with van der Waals surface area (Å²) >= 11 is 0. The summed E-state index contributed by atoms with van der Waals surface area (Å²) in [6, 6.07) is 1.68. The van der Waals surface area contributed by atoms with Gasteiger partial charge in [0.05, 0.1) is 12.1 Å². The number of unbranched alkanes of at least 4 members (excludes halogenated alkanes) is 2. The highest BCUT2D eigenvalue weighted by Crippen LogP contribution is 1.94. The number of hydrogen-bond donors (Lipinski definition) is 2. The Bertz CT molecular complexity index is 198. The lowest BCUT2D eigenvalue weighted by atomic mass is 10.1. The molecule has 0 aromatic heterocycles. The molecule has 1 amide bonds. The van der Waals surface area contributed by atoms with Gasteiger partial charge in [-0.3, -0.25) is 4.79 Å². The first-order valence-electron chi connectivity index (χ1n) is 5.12. The number of amides is 1. The molecule has 0 rings (SSSR count). The average molecular weight is 197 g/mol. The molecule has 0 aromatic carbocycles.